The molecule has 1 aliphatic heterocycles. The second kappa shape index (κ2) is 6.18. The van der Waals surface area contributed by atoms with Gasteiger partial charge in [-0.2, -0.15) is 0 Å². The molecule has 1 aromatic carbocycles. The molecular formula is C13H17ClN2O2. The number of primary amides is 1. The largest absolute Gasteiger partial charge is 0.373 e. The molecule has 0 spiro atoms. The van der Waals surface area contributed by atoms with Crippen molar-refractivity contribution in [3.63, 3.8) is 0 Å². The fourth-order valence-corrected chi connectivity index (χ4v) is 2.22. The summed E-state index contributed by atoms with van der Waals surface area (Å²) in [5.41, 5.74) is 6.50. The third-order valence-electron chi connectivity index (χ3n) is 3.10. The minimum Gasteiger partial charge on any atom is -0.373 e. The van der Waals surface area contributed by atoms with Gasteiger partial charge in [0.15, 0.2) is 0 Å². The van der Waals surface area contributed by atoms with Gasteiger partial charge in [0, 0.05) is 10.6 Å². The Kier molecular flexibility index (Phi) is 4.58. The number of benzene rings is 1. The number of hydrogen-bond acceptors (Lipinski definition) is 3. The third kappa shape index (κ3) is 3.45. The second-order valence-corrected chi connectivity index (χ2v) is 4.84. The standard InChI is InChI=1S/C13H17ClN2O2/c14-12-7-9(13(15)17)1-2-10(12)8-18-11-3-5-16-6-4-11/h1-2,7,11,16H,3-6,8H2,(H2,15,17). The first kappa shape index (κ1) is 13.3. The molecule has 0 aromatic heterocycles. The molecule has 0 aliphatic carbocycles. The summed E-state index contributed by atoms with van der Waals surface area (Å²) >= 11 is 6.09. The van der Waals surface area contributed by atoms with Crippen molar-refractivity contribution in [3.05, 3.63) is 34.3 Å². The highest BCUT2D eigenvalue weighted by Gasteiger charge is 2.14. The lowest BCUT2D eigenvalue weighted by Gasteiger charge is -2.23. The number of carbonyl (C=O) groups is 1. The Bertz CT molecular complexity index is 431. The van der Waals surface area contributed by atoms with Gasteiger partial charge in [-0.3, -0.25) is 4.79 Å². The summed E-state index contributed by atoms with van der Waals surface area (Å²) in [6.07, 6.45) is 2.34. The van der Waals surface area contributed by atoms with E-state index in [4.69, 9.17) is 22.1 Å². The van der Waals surface area contributed by atoms with Crippen molar-refractivity contribution in [1.29, 1.82) is 0 Å². The van der Waals surface area contributed by atoms with E-state index < -0.39 is 5.91 Å². The van der Waals surface area contributed by atoms with Gasteiger partial charge in [-0.05, 0) is 43.6 Å². The smallest absolute Gasteiger partial charge is 0.248 e. The number of nitrogens with one attached hydrogen (secondary N) is 1. The Morgan fingerprint density at radius 2 is 2.17 bits per heavy atom. The van der Waals surface area contributed by atoms with Crippen molar-refractivity contribution >= 4 is 17.5 Å². The summed E-state index contributed by atoms with van der Waals surface area (Å²) in [5, 5.41) is 3.81. The molecule has 2 rings (SSSR count). The highest BCUT2D eigenvalue weighted by atomic mass is 35.5. The van der Waals surface area contributed by atoms with Gasteiger partial charge in [0.2, 0.25) is 5.91 Å². The van der Waals surface area contributed by atoms with Crippen molar-refractivity contribution in [2.45, 2.75) is 25.6 Å². The predicted molar refractivity (Wildman–Crippen MR) is 70.7 cm³/mol. The average molecular weight is 269 g/mol. The molecule has 3 N–H and O–H groups in total. The maximum atomic E-state index is 11.0. The van der Waals surface area contributed by atoms with Crippen molar-refractivity contribution in [2.24, 2.45) is 5.73 Å². The summed E-state index contributed by atoms with van der Waals surface area (Å²) in [4.78, 5) is 11.0. The molecule has 1 fully saturated rings. The maximum Gasteiger partial charge on any atom is 0.248 e. The van der Waals surface area contributed by atoms with Gasteiger partial charge in [-0.1, -0.05) is 17.7 Å². The van der Waals surface area contributed by atoms with Crippen LogP contribution >= 0.6 is 11.6 Å². The van der Waals surface area contributed by atoms with Gasteiger partial charge in [0.05, 0.1) is 12.7 Å². The molecule has 1 aliphatic rings. The molecule has 4 nitrogen and oxygen atoms in total. The van der Waals surface area contributed by atoms with Crippen LogP contribution in [0.5, 0.6) is 0 Å². The predicted octanol–water partition coefficient (Wildman–Crippen LogP) is 1.71. The lowest BCUT2D eigenvalue weighted by Crippen LogP contribution is -2.32. The molecule has 1 saturated heterocycles. The van der Waals surface area contributed by atoms with Crippen LogP contribution in [0, 0.1) is 0 Å². The van der Waals surface area contributed by atoms with E-state index in [0.717, 1.165) is 31.5 Å². The summed E-state index contributed by atoms with van der Waals surface area (Å²) in [6, 6.07) is 5.06. The number of piperidine rings is 1. The van der Waals surface area contributed by atoms with Gasteiger partial charge in [0.1, 0.15) is 0 Å². The highest BCUT2D eigenvalue weighted by Crippen LogP contribution is 2.20. The van der Waals surface area contributed by atoms with Crippen LogP contribution in [0.25, 0.3) is 0 Å². The summed E-state index contributed by atoms with van der Waals surface area (Å²) in [5.74, 6) is -0.470. The lowest BCUT2D eigenvalue weighted by molar-refractivity contribution is 0.0212. The molecule has 98 valence electrons. The molecule has 18 heavy (non-hydrogen) atoms. The van der Waals surface area contributed by atoms with Gasteiger partial charge >= 0.3 is 0 Å². The molecule has 1 heterocycles. The van der Waals surface area contributed by atoms with Crippen LogP contribution in [0.2, 0.25) is 5.02 Å². The van der Waals surface area contributed by atoms with Crippen LogP contribution in [0.4, 0.5) is 0 Å². The van der Waals surface area contributed by atoms with Crippen molar-refractivity contribution in [3.8, 4) is 0 Å². The van der Waals surface area contributed by atoms with E-state index in [2.05, 4.69) is 5.32 Å². The Hall–Kier alpha value is -1.10. The van der Waals surface area contributed by atoms with Crippen LogP contribution in [0.15, 0.2) is 18.2 Å². The van der Waals surface area contributed by atoms with Crippen LogP contribution in [0.1, 0.15) is 28.8 Å². The molecule has 0 unspecified atom stereocenters. The number of halogens is 1. The third-order valence-corrected chi connectivity index (χ3v) is 3.45. The van der Waals surface area contributed by atoms with Gasteiger partial charge in [-0.25, -0.2) is 0 Å². The van der Waals surface area contributed by atoms with E-state index in [1.165, 1.54) is 0 Å². The van der Waals surface area contributed by atoms with Gasteiger partial charge in [0.25, 0.3) is 0 Å². The lowest BCUT2D eigenvalue weighted by atomic mass is 10.1. The zero-order valence-corrected chi connectivity index (χ0v) is 10.9. The minimum atomic E-state index is -0.470. The molecule has 0 bridgehead atoms. The molecule has 0 atom stereocenters. The molecular weight excluding hydrogens is 252 g/mol. The molecule has 0 radical (unpaired) electrons. The van der Waals surface area contributed by atoms with Crippen LogP contribution < -0.4 is 11.1 Å². The Morgan fingerprint density at radius 3 is 2.78 bits per heavy atom. The van der Waals surface area contributed by atoms with E-state index in [-0.39, 0.29) is 6.10 Å². The summed E-state index contributed by atoms with van der Waals surface area (Å²) in [7, 11) is 0. The first-order valence-electron chi connectivity index (χ1n) is 6.07. The normalized spacial score (nSPS) is 16.7. The Balaban J connectivity index is 1.94. The number of nitrogens with two attached hydrogens (primary N) is 1. The first-order valence-corrected chi connectivity index (χ1v) is 6.45. The maximum absolute atomic E-state index is 11.0. The van der Waals surface area contributed by atoms with E-state index in [1.807, 2.05) is 0 Å². The number of hydrogen-bond donors (Lipinski definition) is 2. The molecule has 1 aromatic rings. The van der Waals surface area contributed by atoms with Crippen LogP contribution in [-0.2, 0) is 11.3 Å². The number of carbonyl (C=O) groups excluding carboxylic acids is 1. The Morgan fingerprint density at radius 1 is 1.44 bits per heavy atom. The Labute approximate surface area is 111 Å². The van der Waals surface area contributed by atoms with E-state index in [1.54, 1.807) is 18.2 Å². The van der Waals surface area contributed by atoms with E-state index in [9.17, 15) is 4.79 Å². The van der Waals surface area contributed by atoms with Crippen LogP contribution in [0.3, 0.4) is 0 Å². The zero-order chi connectivity index (χ0) is 13.0. The van der Waals surface area contributed by atoms with Crippen molar-refractivity contribution in [1.82, 2.24) is 5.32 Å². The second-order valence-electron chi connectivity index (χ2n) is 4.43. The quantitative estimate of drug-likeness (QED) is 0.874. The van der Waals surface area contributed by atoms with E-state index >= 15 is 0 Å². The summed E-state index contributed by atoms with van der Waals surface area (Å²) in [6.45, 7) is 2.47. The number of amides is 1. The van der Waals surface area contributed by atoms with E-state index in [0.29, 0.717) is 17.2 Å². The number of rotatable bonds is 4. The highest BCUT2D eigenvalue weighted by molar-refractivity contribution is 6.31. The topological polar surface area (TPSA) is 64.4 Å². The molecule has 0 saturated carbocycles. The SMILES string of the molecule is NC(=O)c1ccc(COC2CCNCC2)c(Cl)c1. The van der Waals surface area contributed by atoms with Crippen LogP contribution in [-0.4, -0.2) is 25.1 Å². The first-order chi connectivity index (χ1) is 8.66. The van der Waals surface area contributed by atoms with Crippen molar-refractivity contribution in [2.75, 3.05) is 13.1 Å². The van der Waals surface area contributed by atoms with Crippen molar-refractivity contribution < 1.29 is 9.53 Å². The average Bonchev–Trinajstić information content (AvgIpc) is 2.38. The monoisotopic (exact) mass is 268 g/mol. The van der Waals surface area contributed by atoms with Gasteiger partial charge in [-0.15, -0.1) is 0 Å². The van der Waals surface area contributed by atoms with Gasteiger partial charge < -0.3 is 15.8 Å². The summed E-state index contributed by atoms with van der Waals surface area (Å²) < 4.78 is 5.81. The molecule has 1 amide bonds. The minimum absolute atomic E-state index is 0.290. The fourth-order valence-electron chi connectivity index (χ4n) is 1.99. The zero-order valence-electron chi connectivity index (χ0n) is 10.1. The molecule has 5 heteroatoms. The fraction of sp³-hybridized carbons (Fsp3) is 0.462. The number of ether oxygens (including phenoxy) is 1.